The SMILES string of the molecule is Cl.O=C1NC(=O)C(=Cc2ccc3nccc(-c4ccc(N5CCNCC5)c(OC(F)(F)F)c4)c3n2)S1. The highest BCUT2D eigenvalue weighted by Gasteiger charge is 2.33. The highest BCUT2D eigenvalue weighted by atomic mass is 35.5. The van der Waals surface area contributed by atoms with Gasteiger partial charge in [0.25, 0.3) is 11.1 Å². The standard InChI is InChI=1S/C23H18F3N5O3S.ClH/c24-23(25,26)34-18-11-13(1-4-17(18)31-9-7-27-8-10-31)15-5-6-28-16-3-2-14(29-20(15)16)12-19-21(32)30-22(33)35-19;/h1-6,11-12,27H,7-10H2,(H,30,32,33);1H. The molecule has 0 atom stereocenters. The molecule has 13 heteroatoms. The fourth-order valence-corrected chi connectivity index (χ4v) is 4.63. The number of ether oxygens (including phenoxy) is 1. The van der Waals surface area contributed by atoms with Crippen molar-refractivity contribution < 1.29 is 27.5 Å². The number of hydrogen-bond donors (Lipinski definition) is 2. The molecule has 0 aliphatic carbocycles. The summed E-state index contributed by atoms with van der Waals surface area (Å²) >= 11 is 0.770. The molecule has 2 aliphatic heterocycles. The lowest BCUT2D eigenvalue weighted by molar-refractivity contribution is -0.274. The Morgan fingerprint density at radius 1 is 1.08 bits per heavy atom. The normalized spacial score (nSPS) is 17.3. The number of carbonyl (C=O) groups excluding carboxylic acids is 2. The molecule has 5 rings (SSSR count). The maximum atomic E-state index is 13.2. The number of carbonyl (C=O) groups is 2. The van der Waals surface area contributed by atoms with Crippen molar-refractivity contribution in [2.45, 2.75) is 6.36 Å². The van der Waals surface area contributed by atoms with Crippen LogP contribution >= 0.6 is 24.2 Å². The average molecular weight is 538 g/mol. The summed E-state index contributed by atoms with van der Waals surface area (Å²) in [6, 6.07) is 9.69. The molecule has 2 amide bonds. The predicted octanol–water partition coefficient (Wildman–Crippen LogP) is 4.35. The minimum absolute atomic E-state index is 0. The van der Waals surface area contributed by atoms with Gasteiger partial charge in [-0.1, -0.05) is 6.07 Å². The summed E-state index contributed by atoms with van der Waals surface area (Å²) in [6.07, 6.45) is -1.83. The first-order valence-corrected chi connectivity index (χ1v) is 11.4. The van der Waals surface area contributed by atoms with Crippen LogP contribution in [0, 0.1) is 0 Å². The third-order valence-corrected chi connectivity index (χ3v) is 6.29. The summed E-state index contributed by atoms with van der Waals surface area (Å²) in [5.74, 6) is -0.802. The Balaban J connectivity index is 0.00000304. The van der Waals surface area contributed by atoms with Crippen LogP contribution in [0.4, 0.5) is 23.7 Å². The topological polar surface area (TPSA) is 96.5 Å². The van der Waals surface area contributed by atoms with E-state index in [1.807, 2.05) is 4.90 Å². The van der Waals surface area contributed by atoms with Gasteiger partial charge in [-0.05, 0) is 53.7 Å². The average Bonchev–Trinajstić information content (AvgIpc) is 3.14. The summed E-state index contributed by atoms with van der Waals surface area (Å²) in [4.78, 5) is 34.2. The molecule has 1 aromatic carbocycles. The highest BCUT2D eigenvalue weighted by Crippen LogP contribution is 2.38. The number of aromatic nitrogens is 2. The second kappa shape index (κ2) is 10.3. The van der Waals surface area contributed by atoms with Crippen LogP contribution in [0.15, 0.2) is 47.5 Å². The number of alkyl halides is 3. The van der Waals surface area contributed by atoms with Crippen molar-refractivity contribution in [2.24, 2.45) is 0 Å². The van der Waals surface area contributed by atoms with Crippen molar-refractivity contribution in [3.05, 3.63) is 53.2 Å². The first-order chi connectivity index (χ1) is 16.8. The molecule has 0 unspecified atom stereocenters. The van der Waals surface area contributed by atoms with Gasteiger partial charge in [0.15, 0.2) is 5.75 Å². The molecule has 4 heterocycles. The number of imide groups is 1. The van der Waals surface area contributed by atoms with Crippen molar-refractivity contribution in [2.75, 3.05) is 31.1 Å². The quantitative estimate of drug-likeness (QED) is 0.474. The van der Waals surface area contributed by atoms with Crippen molar-refractivity contribution in [1.29, 1.82) is 0 Å². The lowest BCUT2D eigenvalue weighted by Crippen LogP contribution is -2.43. The van der Waals surface area contributed by atoms with Gasteiger partial charge >= 0.3 is 6.36 Å². The second-order valence-corrected chi connectivity index (χ2v) is 8.80. The van der Waals surface area contributed by atoms with E-state index in [1.165, 1.54) is 12.1 Å². The molecule has 0 bridgehead atoms. The summed E-state index contributed by atoms with van der Waals surface area (Å²) in [7, 11) is 0. The number of amides is 2. The minimum Gasteiger partial charge on any atom is -0.404 e. The van der Waals surface area contributed by atoms with Crippen LogP contribution in [0.25, 0.3) is 28.2 Å². The van der Waals surface area contributed by atoms with E-state index in [1.54, 1.807) is 36.5 Å². The Morgan fingerprint density at radius 3 is 2.56 bits per heavy atom. The van der Waals surface area contributed by atoms with Crippen LogP contribution in [0.3, 0.4) is 0 Å². The maximum Gasteiger partial charge on any atom is 0.573 e. The molecule has 188 valence electrons. The largest absolute Gasteiger partial charge is 0.573 e. The minimum atomic E-state index is -4.85. The number of fused-ring (bicyclic) bond motifs is 1. The van der Waals surface area contributed by atoms with Gasteiger partial charge in [-0.2, -0.15) is 0 Å². The summed E-state index contributed by atoms with van der Waals surface area (Å²) in [5, 5.41) is 4.89. The molecule has 2 aromatic heterocycles. The number of rotatable bonds is 4. The molecule has 0 saturated carbocycles. The van der Waals surface area contributed by atoms with Crippen LogP contribution in [-0.4, -0.2) is 53.7 Å². The summed E-state index contributed by atoms with van der Waals surface area (Å²) in [6.45, 7) is 2.43. The zero-order valence-electron chi connectivity index (χ0n) is 18.5. The van der Waals surface area contributed by atoms with E-state index in [0.29, 0.717) is 59.7 Å². The van der Waals surface area contributed by atoms with Gasteiger partial charge in [0.1, 0.15) is 0 Å². The third kappa shape index (κ3) is 5.55. The zero-order valence-corrected chi connectivity index (χ0v) is 20.1. The fraction of sp³-hybridized carbons (Fsp3) is 0.217. The molecule has 36 heavy (non-hydrogen) atoms. The van der Waals surface area contributed by atoms with E-state index in [0.717, 1.165) is 11.8 Å². The van der Waals surface area contributed by atoms with Gasteiger partial charge in [-0.15, -0.1) is 25.6 Å². The number of anilines is 1. The van der Waals surface area contributed by atoms with Crippen molar-refractivity contribution in [3.8, 4) is 16.9 Å². The van der Waals surface area contributed by atoms with Gasteiger partial charge in [0.05, 0.1) is 27.3 Å². The molecule has 3 aromatic rings. The Bertz CT molecular complexity index is 1360. The summed E-state index contributed by atoms with van der Waals surface area (Å²) < 4.78 is 44.1. The molecule has 2 saturated heterocycles. The van der Waals surface area contributed by atoms with Gasteiger partial charge in [-0.25, -0.2) is 4.98 Å². The van der Waals surface area contributed by atoms with E-state index in [2.05, 4.69) is 25.3 Å². The van der Waals surface area contributed by atoms with E-state index >= 15 is 0 Å². The van der Waals surface area contributed by atoms with Crippen molar-refractivity contribution >= 4 is 58.1 Å². The number of halogens is 4. The molecule has 2 fully saturated rings. The molecule has 0 spiro atoms. The lowest BCUT2D eigenvalue weighted by Gasteiger charge is -2.31. The number of nitrogens with one attached hydrogen (secondary N) is 2. The van der Waals surface area contributed by atoms with Gasteiger partial charge in [-0.3, -0.25) is 19.9 Å². The van der Waals surface area contributed by atoms with E-state index < -0.39 is 17.5 Å². The van der Waals surface area contributed by atoms with Gasteiger partial charge < -0.3 is 15.0 Å². The Labute approximate surface area is 213 Å². The van der Waals surface area contributed by atoms with Crippen LogP contribution in [0.5, 0.6) is 5.75 Å². The molecule has 2 N–H and O–H groups in total. The monoisotopic (exact) mass is 537 g/mol. The second-order valence-electron chi connectivity index (χ2n) is 7.78. The Kier molecular flexibility index (Phi) is 7.38. The van der Waals surface area contributed by atoms with Crippen LogP contribution < -0.4 is 20.3 Å². The number of thioether (sulfide) groups is 1. The number of nitrogens with zero attached hydrogens (tertiary/aromatic N) is 3. The number of pyridine rings is 2. The molecular formula is C23H19ClF3N5O3S. The van der Waals surface area contributed by atoms with Gasteiger partial charge in [0.2, 0.25) is 0 Å². The third-order valence-electron chi connectivity index (χ3n) is 5.48. The number of piperazine rings is 1. The number of hydrogen-bond acceptors (Lipinski definition) is 8. The van der Waals surface area contributed by atoms with Crippen LogP contribution in [0.1, 0.15) is 5.69 Å². The van der Waals surface area contributed by atoms with Crippen molar-refractivity contribution in [3.63, 3.8) is 0 Å². The lowest BCUT2D eigenvalue weighted by atomic mass is 10.0. The van der Waals surface area contributed by atoms with E-state index in [-0.39, 0.29) is 23.1 Å². The molecule has 0 radical (unpaired) electrons. The maximum absolute atomic E-state index is 13.2. The van der Waals surface area contributed by atoms with E-state index in [4.69, 9.17) is 0 Å². The fourth-order valence-electron chi connectivity index (χ4n) is 3.96. The molecule has 8 nitrogen and oxygen atoms in total. The van der Waals surface area contributed by atoms with Crippen molar-refractivity contribution in [1.82, 2.24) is 20.6 Å². The summed E-state index contributed by atoms with van der Waals surface area (Å²) in [5.41, 5.74) is 2.74. The first kappa shape index (κ1) is 25.7. The van der Waals surface area contributed by atoms with Crippen LogP contribution in [-0.2, 0) is 4.79 Å². The number of benzene rings is 1. The zero-order chi connectivity index (χ0) is 24.6. The predicted molar refractivity (Wildman–Crippen MR) is 133 cm³/mol. The molecule has 2 aliphatic rings. The van der Waals surface area contributed by atoms with Gasteiger partial charge in [0, 0.05) is 37.9 Å². The molecular weight excluding hydrogens is 519 g/mol. The van der Waals surface area contributed by atoms with Crippen LogP contribution in [0.2, 0.25) is 0 Å². The van der Waals surface area contributed by atoms with E-state index in [9.17, 15) is 22.8 Å². The first-order valence-electron chi connectivity index (χ1n) is 10.6. The smallest absolute Gasteiger partial charge is 0.404 e. The Morgan fingerprint density at radius 2 is 1.86 bits per heavy atom. The Hall–Kier alpha value is -3.35. The highest BCUT2D eigenvalue weighted by molar-refractivity contribution is 8.18.